The molecule has 1 amide bonds. The number of amides is 1. The lowest BCUT2D eigenvalue weighted by atomic mass is 10.2. The highest BCUT2D eigenvalue weighted by molar-refractivity contribution is 7.86. The van der Waals surface area contributed by atoms with Gasteiger partial charge < -0.3 is 33.3 Å². The van der Waals surface area contributed by atoms with Crippen LogP contribution in [-0.2, 0) is 47.6 Å². The van der Waals surface area contributed by atoms with Crippen molar-refractivity contribution in [2.24, 2.45) is 0 Å². The summed E-state index contributed by atoms with van der Waals surface area (Å²) in [6.45, 7) is 20.5. The molecule has 2 unspecified atom stereocenters. The summed E-state index contributed by atoms with van der Waals surface area (Å²) in [5.74, 6) is -1.26. The zero-order valence-corrected chi connectivity index (χ0v) is 29.3. The van der Waals surface area contributed by atoms with E-state index in [1.807, 2.05) is 34.6 Å². The van der Waals surface area contributed by atoms with E-state index in [1.54, 1.807) is 65.8 Å². The van der Waals surface area contributed by atoms with Gasteiger partial charge in [0.05, 0.1) is 43.5 Å². The molecular formula is C31H51NO12S. The average Bonchev–Trinajstić information content (AvgIpc) is 3.39. The zero-order chi connectivity index (χ0) is 34.3. The largest absolute Gasteiger partial charge is 0.534 e. The molecule has 2 saturated heterocycles. The Morgan fingerprint density at radius 2 is 1.33 bits per heavy atom. The van der Waals surface area contributed by atoms with E-state index in [-0.39, 0.29) is 30.3 Å². The second-order valence-electron chi connectivity index (χ2n) is 13.7. The fourth-order valence-corrected chi connectivity index (χ4v) is 4.90. The van der Waals surface area contributed by atoms with Gasteiger partial charge in [-0.3, -0.25) is 4.18 Å². The van der Waals surface area contributed by atoms with Crippen LogP contribution in [0.3, 0.4) is 0 Å². The number of rotatable bonds is 8. The van der Waals surface area contributed by atoms with E-state index in [0.717, 1.165) is 10.6 Å². The van der Waals surface area contributed by atoms with Crippen molar-refractivity contribution in [1.29, 1.82) is 0 Å². The first-order valence-electron chi connectivity index (χ1n) is 15.0. The molecule has 2 aliphatic rings. The molecule has 2 atom stereocenters. The van der Waals surface area contributed by atoms with E-state index in [2.05, 4.69) is 0 Å². The van der Waals surface area contributed by atoms with Crippen molar-refractivity contribution in [3.8, 4) is 0 Å². The number of hydroxylamine groups is 2. The second kappa shape index (κ2) is 15.4. The molecule has 2 aliphatic heterocycles. The minimum Gasteiger partial charge on any atom is -0.442 e. The van der Waals surface area contributed by atoms with Gasteiger partial charge in [-0.25, -0.2) is 9.59 Å². The average molecular weight is 662 g/mol. The summed E-state index contributed by atoms with van der Waals surface area (Å²) in [5.41, 5.74) is -0.451. The number of carbonyl (C=O) groups is 2. The number of nitrogens with zero attached hydrogens (tertiary/aromatic N) is 1. The summed E-state index contributed by atoms with van der Waals surface area (Å²) in [7, 11) is -3.69. The molecule has 0 saturated carbocycles. The molecule has 14 heteroatoms. The molecule has 0 aromatic heterocycles. The molecule has 3 rings (SSSR count). The van der Waals surface area contributed by atoms with Gasteiger partial charge in [0.1, 0.15) is 11.2 Å². The van der Waals surface area contributed by atoms with E-state index >= 15 is 0 Å². The molecule has 2 heterocycles. The fourth-order valence-electron chi connectivity index (χ4n) is 3.98. The first-order valence-corrected chi connectivity index (χ1v) is 16.4. The van der Waals surface area contributed by atoms with Crippen LogP contribution in [0.2, 0.25) is 0 Å². The van der Waals surface area contributed by atoms with Crippen LogP contribution in [0.25, 0.3) is 0 Å². The lowest BCUT2D eigenvalue weighted by molar-refractivity contribution is -0.151. The highest BCUT2D eigenvalue weighted by Gasteiger charge is 2.35. The highest BCUT2D eigenvalue weighted by atomic mass is 32.2. The van der Waals surface area contributed by atoms with Crippen LogP contribution >= 0.6 is 0 Å². The van der Waals surface area contributed by atoms with Gasteiger partial charge in [0, 0.05) is 6.42 Å². The summed E-state index contributed by atoms with van der Waals surface area (Å²) in [4.78, 5) is 29.4. The zero-order valence-electron chi connectivity index (χ0n) is 28.5. The van der Waals surface area contributed by atoms with Gasteiger partial charge in [-0.05, 0) is 94.7 Å². The third-order valence-electron chi connectivity index (χ3n) is 5.95. The van der Waals surface area contributed by atoms with Gasteiger partial charge in [-0.15, -0.1) is 5.06 Å². The maximum atomic E-state index is 12.3. The fraction of sp³-hybridized carbons (Fsp3) is 0.742. The Morgan fingerprint density at radius 1 is 0.844 bits per heavy atom. The van der Waals surface area contributed by atoms with Crippen molar-refractivity contribution in [1.82, 2.24) is 5.06 Å². The first kappa shape index (κ1) is 38.7. The number of aryl methyl sites for hydroxylation is 1. The maximum Gasteiger partial charge on any atom is 0.534 e. The minimum atomic E-state index is -3.69. The van der Waals surface area contributed by atoms with Gasteiger partial charge in [0.2, 0.25) is 0 Å². The van der Waals surface area contributed by atoms with Gasteiger partial charge in [-0.2, -0.15) is 8.42 Å². The molecule has 1 aromatic carbocycles. The van der Waals surface area contributed by atoms with E-state index < -0.39 is 45.1 Å². The second-order valence-corrected chi connectivity index (χ2v) is 15.3. The minimum absolute atomic E-state index is 0.0836. The first-order chi connectivity index (χ1) is 20.5. The van der Waals surface area contributed by atoms with E-state index in [0.29, 0.717) is 26.1 Å². The predicted molar refractivity (Wildman–Crippen MR) is 164 cm³/mol. The van der Waals surface area contributed by atoms with Crippen molar-refractivity contribution in [2.45, 2.75) is 129 Å². The van der Waals surface area contributed by atoms with Crippen molar-refractivity contribution < 1.29 is 55.4 Å². The highest BCUT2D eigenvalue weighted by Crippen LogP contribution is 2.26. The van der Waals surface area contributed by atoms with E-state index in [4.69, 9.17) is 37.4 Å². The summed E-state index contributed by atoms with van der Waals surface area (Å²) >= 11 is 0. The third-order valence-corrected chi connectivity index (χ3v) is 7.27. The smallest absolute Gasteiger partial charge is 0.442 e. The molecule has 0 spiro atoms. The Bertz CT molecular complexity index is 1220. The molecule has 258 valence electrons. The Morgan fingerprint density at radius 3 is 1.78 bits per heavy atom. The lowest BCUT2D eigenvalue weighted by Crippen LogP contribution is -2.41. The van der Waals surface area contributed by atoms with Crippen LogP contribution in [0, 0.1) is 6.92 Å². The monoisotopic (exact) mass is 661 g/mol. The third kappa shape index (κ3) is 15.1. The van der Waals surface area contributed by atoms with Crippen LogP contribution in [-0.4, -0.2) is 87.1 Å². The van der Waals surface area contributed by atoms with E-state index in [9.17, 15) is 18.0 Å². The molecule has 2 fully saturated rings. The Hall–Kier alpha value is -2.49. The van der Waals surface area contributed by atoms with Gasteiger partial charge in [0.25, 0.3) is 10.1 Å². The molecule has 13 nitrogen and oxygen atoms in total. The van der Waals surface area contributed by atoms with Crippen molar-refractivity contribution in [3.05, 3.63) is 29.8 Å². The van der Waals surface area contributed by atoms with Crippen LogP contribution < -0.4 is 0 Å². The van der Waals surface area contributed by atoms with Crippen molar-refractivity contribution in [2.75, 3.05) is 26.4 Å². The molecule has 0 aliphatic carbocycles. The van der Waals surface area contributed by atoms with Crippen LogP contribution in [0.1, 0.15) is 87.6 Å². The predicted octanol–water partition coefficient (Wildman–Crippen LogP) is 5.87. The Balaban J connectivity index is 0.000000320. The maximum absolute atomic E-state index is 12.3. The molecule has 0 N–H and O–H groups in total. The number of benzene rings is 1. The molecule has 1 aromatic rings. The number of ether oxygens (including phenoxy) is 6. The molecular weight excluding hydrogens is 610 g/mol. The quantitative estimate of drug-likeness (QED) is 0.186. The van der Waals surface area contributed by atoms with Crippen molar-refractivity contribution in [3.63, 3.8) is 0 Å². The van der Waals surface area contributed by atoms with Crippen LogP contribution in [0.15, 0.2) is 29.2 Å². The Kier molecular flexibility index (Phi) is 13.2. The molecule has 45 heavy (non-hydrogen) atoms. The topological polar surface area (TPSA) is 145 Å². The van der Waals surface area contributed by atoms with Crippen LogP contribution in [0.5, 0.6) is 0 Å². The summed E-state index contributed by atoms with van der Waals surface area (Å²) < 4.78 is 61.4. The normalized spacial score (nSPS) is 21.0. The summed E-state index contributed by atoms with van der Waals surface area (Å²) in [5, 5.41) is 0.855. The standard InChI is InChI=1S/C17H31NO7.C14H20O5S/c1-15(2,3)23-13(19)18(25-14(20)24-16(4,5)6)10-9-12-11-21-17(7,8)22-12;1-11-4-6-13(7-5-11)20(15,16)18-9-8-12-10-17-14(2,3)19-12/h12H,9-11H2,1-8H3;4-7,12H,8-10H2,1-3H3. The molecule has 0 bridgehead atoms. The number of carbonyl (C=O) groups excluding carboxylic acids is 2. The van der Waals surface area contributed by atoms with E-state index in [1.165, 1.54) is 0 Å². The number of hydrogen-bond acceptors (Lipinski definition) is 12. The molecule has 0 radical (unpaired) electrons. The van der Waals surface area contributed by atoms with Gasteiger partial charge >= 0.3 is 12.2 Å². The van der Waals surface area contributed by atoms with Gasteiger partial charge in [-0.1, -0.05) is 17.7 Å². The summed E-state index contributed by atoms with van der Waals surface area (Å²) in [6.07, 6.45) is -1.17. The lowest BCUT2D eigenvalue weighted by Gasteiger charge is -2.27. The number of hydrogen-bond donors (Lipinski definition) is 0. The summed E-state index contributed by atoms with van der Waals surface area (Å²) in [6, 6.07) is 6.57. The van der Waals surface area contributed by atoms with Gasteiger partial charge in [0.15, 0.2) is 11.6 Å². The Labute approximate surface area is 267 Å². The van der Waals surface area contributed by atoms with Crippen molar-refractivity contribution >= 4 is 22.4 Å². The van der Waals surface area contributed by atoms with Crippen LogP contribution in [0.4, 0.5) is 9.59 Å². The SMILES string of the molecule is CC(C)(C)OC(=O)ON(CCC1COC(C)(C)O1)C(=O)OC(C)(C)C.Cc1ccc(S(=O)(=O)OCCC2COC(C)(C)O2)cc1.